The van der Waals surface area contributed by atoms with E-state index in [2.05, 4.69) is 90.9 Å². The third-order valence-electron chi connectivity index (χ3n) is 7.22. The number of benzene rings is 5. The van der Waals surface area contributed by atoms with Crippen LogP contribution in [0.2, 0.25) is 0 Å². The monoisotopic (exact) mass is 503 g/mol. The zero-order chi connectivity index (χ0) is 26.3. The van der Waals surface area contributed by atoms with Crippen molar-refractivity contribution in [2.75, 3.05) is 4.90 Å². The lowest BCUT2D eigenvalue weighted by Gasteiger charge is -2.26. The second kappa shape index (κ2) is 9.23. The van der Waals surface area contributed by atoms with Crippen LogP contribution in [0.4, 0.5) is 11.4 Å². The van der Waals surface area contributed by atoms with Crippen molar-refractivity contribution in [2.24, 2.45) is 0 Å². The lowest BCUT2D eigenvalue weighted by Crippen LogP contribution is -2.29. The molecule has 0 aliphatic heterocycles. The first kappa shape index (κ1) is 22.9. The van der Waals surface area contributed by atoms with Gasteiger partial charge in [-0.3, -0.25) is 0 Å². The molecule has 0 radical (unpaired) electrons. The summed E-state index contributed by atoms with van der Waals surface area (Å²) in [6.07, 6.45) is 1.83. The number of nitrogens with zero attached hydrogens (tertiary/aromatic N) is 1. The van der Waals surface area contributed by atoms with Crippen molar-refractivity contribution in [3.63, 3.8) is 0 Å². The summed E-state index contributed by atoms with van der Waals surface area (Å²) in [5, 5.41) is 3.93. The molecule has 0 unspecified atom stereocenters. The molecule has 0 spiro atoms. The maximum atomic E-state index is 6.46. The first-order valence-corrected chi connectivity index (χ1v) is 12.9. The molecule has 3 heteroatoms. The van der Waals surface area contributed by atoms with E-state index in [1.54, 1.807) is 0 Å². The fourth-order valence-electron chi connectivity index (χ4n) is 5.34. The van der Waals surface area contributed by atoms with Crippen LogP contribution in [0.5, 0.6) is 0 Å². The summed E-state index contributed by atoms with van der Waals surface area (Å²) in [5.41, 5.74) is 8.06. The molecule has 7 aromatic rings. The van der Waals surface area contributed by atoms with E-state index in [9.17, 15) is 0 Å². The van der Waals surface area contributed by atoms with Gasteiger partial charge in [-0.1, -0.05) is 104 Å². The van der Waals surface area contributed by atoms with Crippen LogP contribution in [0.25, 0.3) is 56.3 Å². The molecule has 0 saturated heterocycles. The molecule has 7 rings (SSSR count). The predicted octanol–water partition coefficient (Wildman–Crippen LogP) is 8.54. The Hall–Kier alpha value is -5.28. The zero-order valence-electron chi connectivity index (χ0n) is 21.3. The van der Waals surface area contributed by atoms with E-state index in [-0.39, 0.29) is 0 Å². The number of hydrogen-bond donors (Lipinski definition) is 0. The molecule has 0 bridgehead atoms. The quantitative estimate of drug-likeness (QED) is 0.236. The van der Waals surface area contributed by atoms with Gasteiger partial charge in [-0.25, -0.2) is 0 Å². The Balaban J connectivity index is 1.53. The van der Waals surface area contributed by atoms with Crippen molar-refractivity contribution in [2.45, 2.75) is 0 Å². The molecule has 0 fully saturated rings. The van der Waals surface area contributed by atoms with Crippen LogP contribution in [-0.2, 0) is 0 Å². The second-order valence-electron chi connectivity index (χ2n) is 9.50. The zero-order valence-corrected chi connectivity index (χ0v) is 21.3. The van der Waals surface area contributed by atoms with Gasteiger partial charge in [0.15, 0.2) is 11.0 Å². The molecule has 0 aliphatic rings. The highest BCUT2D eigenvalue weighted by Gasteiger charge is 2.21. The molecular weight excluding hydrogens is 478 g/mol. The van der Waals surface area contributed by atoms with Crippen LogP contribution in [0.3, 0.4) is 0 Å². The smallest absolute Gasteiger partial charge is 0.159 e. The van der Waals surface area contributed by atoms with Crippen molar-refractivity contribution >= 4 is 56.6 Å². The van der Waals surface area contributed by atoms with E-state index in [4.69, 9.17) is 8.83 Å². The summed E-state index contributed by atoms with van der Waals surface area (Å²) in [4.78, 5) is 2.15. The molecule has 5 aromatic carbocycles. The van der Waals surface area contributed by atoms with Gasteiger partial charge in [-0.15, -0.1) is 0 Å². The van der Waals surface area contributed by atoms with Gasteiger partial charge in [0.05, 0.1) is 11.4 Å². The minimum Gasteiger partial charge on any atom is -0.454 e. The Morgan fingerprint density at radius 3 is 1.92 bits per heavy atom. The highest BCUT2D eigenvalue weighted by molar-refractivity contribution is 6.10. The number of furan rings is 2. The summed E-state index contributed by atoms with van der Waals surface area (Å²) < 4.78 is 12.9. The molecule has 186 valence electrons. The lowest BCUT2D eigenvalue weighted by molar-refractivity contribution is 0.572. The average Bonchev–Trinajstić information content (AvgIpc) is 3.54. The van der Waals surface area contributed by atoms with Gasteiger partial charge >= 0.3 is 0 Å². The molecule has 0 saturated carbocycles. The Bertz CT molecular complexity index is 2100. The molecule has 0 aliphatic carbocycles. The van der Waals surface area contributed by atoms with E-state index in [1.165, 1.54) is 5.56 Å². The average molecular weight is 504 g/mol. The number of fused-ring (bicyclic) bond motifs is 4. The summed E-state index contributed by atoms with van der Waals surface area (Å²) in [6.45, 7) is 8.60. The van der Waals surface area contributed by atoms with Crippen molar-refractivity contribution in [1.29, 1.82) is 0 Å². The summed E-state index contributed by atoms with van der Waals surface area (Å²) in [7, 11) is 0. The Morgan fingerprint density at radius 1 is 0.590 bits per heavy atom. The number of anilines is 2. The first-order valence-electron chi connectivity index (χ1n) is 12.9. The third-order valence-corrected chi connectivity index (χ3v) is 7.22. The lowest BCUT2D eigenvalue weighted by atomic mass is 10.0. The molecule has 39 heavy (non-hydrogen) atoms. The largest absolute Gasteiger partial charge is 0.454 e. The number of para-hydroxylation sites is 3. The Kier molecular flexibility index (Phi) is 5.42. The van der Waals surface area contributed by atoms with Gasteiger partial charge in [-0.2, -0.15) is 0 Å². The maximum Gasteiger partial charge on any atom is 0.159 e. The van der Waals surface area contributed by atoms with Gasteiger partial charge < -0.3 is 13.7 Å². The van der Waals surface area contributed by atoms with E-state index >= 15 is 0 Å². The van der Waals surface area contributed by atoms with Crippen molar-refractivity contribution < 1.29 is 8.83 Å². The molecule has 3 nitrogen and oxygen atoms in total. The van der Waals surface area contributed by atoms with Crippen LogP contribution in [-0.4, -0.2) is 0 Å². The van der Waals surface area contributed by atoms with Crippen LogP contribution in [0.15, 0.2) is 143 Å². The molecular formula is C36H25NO2. The normalized spacial score (nSPS) is 12.2. The van der Waals surface area contributed by atoms with E-state index < -0.39 is 0 Å². The third kappa shape index (κ3) is 3.75. The minimum atomic E-state index is 0.673. The molecule has 2 heterocycles. The summed E-state index contributed by atoms with van der Waals surface area (Å²) in [5.74, 6) is 0. The predicted molar refractivity (Wildman–Crippen MR) is 162 cm³/mol. The van der Waals surface area contributed by atoms with Gasteiger partial charge in [-0.05, 0) is 47.5 Å². The second-order valence-corrected chi connectivity index (χ2v) is 9.50. The first-order chi connectivity index (χ1) is 19.2. The Morgan fingerprint density at radius 2 is 1.21 bits per heavy atom. The number of rotatable bonds is 5. The van der Waals surface area contributed by atoms with E-state index in [1.807, 2.05) is 54.6 Å². The van der Waals surface area contributed by atoms with E-state index in [0.717, 1.165) is 60.8 Å². The topological polar surface area (TPSA) is 29.5 Å². The fraction of sp³-hybridized carbons (Fsp3) is 0. The fourth-order valence-corrected chi connectivity index (χ4v) is 5.34. The Labute approximate surface area is 225 Å². The van der Waals surface area contributed by atoms with E-state index in [0.29, 0.717) is 5.42 Å². The molecule has 0 amide bonds. The summed E-state index contributed by atoms with van der Waals surface area (Å²) >= 11 is 0. The molecule has 0 atom stereocenters. The van der Waals surface area contributed by atoms with Gasteiger partial charge in [0.2, 0.25) is 0 Å². The summed E-state index contributed by atoms with van der Waals surface area (Å²) in [6, 6.07) is 41.2. The van der Waals surface area contributed by atoms with Crippen LogP contribution >= 0.6 is 0 Å². The van der Waals surface area contributed by atoms with Crippen molar-refractivity contribution in [3.05, 3.63) is 145 Å². The highest BCUT2D eigenvalue weighted by atomic mass is 16.3. The van der Waals surface area contributed by atoms with Crippen molar-refractivity contribution in [1.82, 2.24) is 0 Å². The van der Waals surface area contributed by atoms with Gasteiger partial charge in [0, 0.05) is 27.1 Å². The van der Waals surface area contributed by atoms with Crippen molar-refractivity contribution in [3.8, 4) is 11.1 Å². The minimum absolute atomic E-state index is 0.673. The molecule has 0 N–H and O–H groups in total. The van der Waals surface area contributed by atoms with Crippen LogP contribution in [0, 0.1) is 0 Å². The van der Waals surface area contributed by atoms with Crippen LogP contribution < -0.4 is 15.5 Å². The maximum absolute atomic E-state index is 6.46. The van der Waals surface area contributed by atoms with Gasteiger partial charge in [0.25, 0.3) is 0 Å². The highest BCUT2D eigenvalue weighted by Crippen LogP contribution is 2.40. The SMILES string of the molecule is C=C/C(=c1/oc2ccccc2c1=C)N(c1ccc(-c2ccccc2)cc1)c1cccc2c1oc1ccccc12. The van der Waals surface area contributed by atoms with Gasteiger partial charge in [0.1, 0.15) is 11.2 Å². The standard InChI is InChI=1S/C36H25NO2/c1-3-31(35-24(2)28-14-7-9-18-33(28)38-35)37(27-22-20-26(21-23-27)25-12-5-4-6-13-25)32-17-11-16-30-29-15-8-10-19-34(29)39-36(30)32/h3-23H,1-2H2/b35-31-. The number of hydrogen-bond acceptors (Lipinski definition) is 3. The molecule has 2 aromatic heterocycles. The van der Waals surface area contributed by atoms with Crippen LogP contribution in [0.1, 0.15) is 0 Å².